The van der Waals surface area contributed by atoms with Crippen molar-refractivity contribution in [3.8, 4) is 5.75 Å². The summed E-state index contributed by atoms with van der Waals surface area (Å²) in [4.78, 5) is 69.3. The zero-order valence-corrected chi connectivity index (χ0v) is 26.6. The fraction of sp³-hybridized carbons (Fsp3) is 0.485. The molecule has 2 aromatic carbocycles. The number of methoxy groups -OCH3 is 1. The minimum Gasteiger partial charge on any atom is -0.495 e. The molecule has 46 heavy (non-hydrogen) atoms. The molecule has 2 aliphatic heterocycles. The first kappa shape index (κ1) is 34.1. The van der Waals surface area contributed by atoms with Crippen molar-refractivity contribution >= 4 is 41.2 Å². The molecule has 0 spiro atoms. The molecule has 13 nitrogen and oxygen atoms in total. The Morgan fingerprint density at radius 3 is 2.37 bits per heavy atom. The average molecular weight is 637 g/mol. The summed E-state index contributed by atoms with van der Waals surface area (Å²) >= 11 is 0. The summed E-state index contributed by atoms with van der Waals surface area (Å²) in [6.07, 6.45) is 2.52. The van der Waals surface area contributed by atoms with Gasteiger partial charge in [0.25, 0.3) is 0 Å². The molecule has 2 saturated heterocycles. The highest BCUT2D eigenvalue weighted by atomic mass is 16.5. The Hall–Kier alpha value is -4.81. The predicted molar refractivity (Wildman–Crippen MR) is 173 cm³/mol. The van der Waals surface area contributed by atoms with Gasteiger partial charge in [0.15, 0.2) is 0 Å². The van der Waals surface area contributed by atoms with Crippen molar-refractivity contribution in [2.75, 3.05) is 70.1 Å². The minimum atomic E-state index is -0.980. The van der Waals surface area contributed by atoms with Gasteiger partial charge >= 0.3 is 18.0 Å². The second kappa shape index (κ2) is 16.5. The van der Waals surface area contributed by atoms with E-state index in [1.54, 1.807) is 37.8 Å². The highest BCUT2D eigenvalue weighted by Gasteiger charge is 2.27. The molecule has 6 amide bonds. The minimum absolute atomic E-state index is 0.0848. The summed E-state index contributed by atoms with van der Waals surface area (Å²) in [5, 5.41) is 14.8. The van der Waals surface area contributed by atoms with Crippen molar-refractivity contribution in [1.82, 2.24) is 19.6 Å². The molecule has 4 rings (SSSR count). The van der Waals surface area contributed by atoms with E-state index in [2.05, 4.69) is 10.6 Å². The molecule has 0 aromatic heterocycles. The van der Waals surface area contributed by atoms with Crippen molar-refractivity contribution in [3.63, 3.8) is 0 Å². The van der Waals surface area contributed by atoms with Crippen LogP contribution >= 0.6 is 0 Å². The van der Waals surface area contributed by atoms with E-state index in [9.17, 15) is 29.1 Å². The highest BCUT2D eigenvalue weighted by molar-refractivity contribution is 6.01. The average Bonchev–Trinajstić information content (AvgIpc) is 3.28. The van der Waals surface area contributed by atoms with Gasteiger partial charge in [-0.05, 0) is 55.5 Å². The number of ether oxygens (including phenoxy) is 1. The zero-order valence-electron chi connectivity index (χ0n) is 26.6. The van der Waals surface area contributed by atoms with Gasteiger partial charge in [-0.2, -0.15) is 0 Å². The second-order valence-corrected chi connectivity index (χ2v) is 11.6. The number of anilines is 2. The number of likely N-dealkylation sites (tertiary alicyclic amines) is 1. The number of hydrogen-bond donors (Lipinski definition) is 3. The van der Waals surface area contributed by atoms with Gasteiger partial charge < -0.3 is 40.1 Å². The molecule has 248 valence electrons. The van der Waals surface area contributed by atoms with Crippen LogP contribution in [0, 0.1) is 6.92 Å². The lowest BCUT2D eigenvalue weighted by Gasteiger charge is -2.30. The summed E-state index contributed by atoms with van der Waals surface area (Å²) in [6.45, 7) is 5.24. The first-order chi connectivity index (χ1) is 22.1. The number of carboxylic acid groups (broad SMARTS) is 1. The molecule has 2 aliphatic rings. The van der Waals surface area contributed by atoms with Gasteiger partial charge in [0.05, 0.1) is 25.6 Å². The molecule has 13 heteroatoms. The Morgan fingerprint density at radius 2 is 1.65 bits per heavy atom. The van der Waals surface area contributed by atoms with Crippen LogP contribution in [0.4, 0.5) is 21.0 Å². The third kappa shape index (κ3) is 9.59. The van der Waals surface area contributed by atoms with Crippen molar-refractivity contribution in [2.24, 2.45) is 0 Å². The van der Waals surface area contributed by atoms with Crippen LogP contribution in [0.1, 0.15) is 43.2 Å². The molecule has 0 saturated carbocycles. The van der Waals surface area contributed by atoms with E-state index in [1.165, 1.54) is 7.11 Å². The largest absolute Gasteiger partial charge is 0.495 e. The Labute approximate surface area is 269 Å². The van der Waals surface area contributed by atoms with Gasteiger partial charge in [0, 0.05) is 64.5 Å². The number of rotatable bonds is 12. The number of aliphatic carboxylic acids is 1. The van der Waals surface area contributed by atoms with Gasteiger partial charge in [-0.15, -0.1) is 0 Å². The van der Waals surface area contributed by atoms with Crippen molar-refractivity contribution in [3.05, 3.63) is 53.6 Å². The maximum atomic E-state index is 13.4. The van der Waals surface area contributed by atoms with E-state index in [-0.39, 0.29) is 37.2 Å². The lowest BCUT2D eigenvalue weighted by Crippen LogP contribution is -2.46. The quantitative estimate of drug-likeness (QED) is 0.322. The summed E-state index contributed by atoms with van der Waals surface area (Å²) in [5.74, 6) is -0.528. The second-order valence-electron chi connectivity index (χ2n) is 11.6. The number of carbonyl (C=O) groups excluding carboxylic acids is 4. The molecule has 0 radical (unpaired) electrons. The van der Waals surface area contributed by atoms with Crippen LogP contribution in [0.2, 0.25) is 0 Å². The predicted octanol–water partition coefficient (Wildman–Crippen LogP) is 3.63. The van der Waals surface area contributed by atoms with Gasteiger partial charge in [-0.3, -0.25) is 14.4 Å². The first-order valence-electron chi connectivity index (χ1n) is 15.8. The van der Waals surface area contributed by atoms with E-state index < -0.39 is 12.0 Å². The molecule has 2 fully saturated rings. The molecule has 0 bridgehead atoms. The lowest BCUT2D eigenvalue weighted by atomic mass is 10.1. The lowest BCUT2D eigenvalue weighted by molar-refractivity contribution is -0.137. The first-order valence-corrected chi connectivity index (χ1v) is 15.8. The highest BCUT2D eigenvalue weighted by Crippen LogP contribution is 2.27. The van der Waals surface area contributed by atoms with Crippen LogP contribution in [0.25, 0.3) is 0 Å². The maximum Gasteiger partial charge on any atom is 0.323 e. The molecule has 3 N–H and O–H groups in total. The Kier molecular flexibility index (Phi) is 12.2. The van der Waals surface area contributed by atoms with Crippen LogP contribution in [0.5, 0.6) is 5.75 Å². The standard InChI is InChI=1S/C33H44N6O7/c1-24-8-3-4-9-26(24)34-32(44)35-27-12-11-25(22-28(27)46-2)23-30(41)37-16-7-18-39(21-20-37)33(45)38(19-13-31(42)43)17-6-15-36-14-5-10-29(36)40/h3-4,8-9,11-12,22H,5-7,10,13-21,23H2,1-2H3,(H,42,43)(H2,34,35,44). The number of carboxylic acids is 1. The maximum absolute atomic E-state index is 13.4. The number of nitrogens with zero attached hydrogens (tertiary/aromatic N) is 4. The van der Waals surface area contributed by atoms with E-state index in [0.29, 0.717) is 75.7 Å². The summed E-state index contributed by atoms with van der Waals surface area (Å²) in [7, 11) is 1.50. The number of carbonyl (C=O) groups is 5. The molecule has 0 aliphatic carbocycles. The Morgan fingerprint density at radius 1 is 0.913 bits per heavy atom. The number of nitrogens with one attached hydrogen (secondary N) is 2. The van der Waals surface area contributed by atoms with Gasteiger partial charge in [-0.25, -0.2) is 9.59 Å². The van der Waals surface area contributed by atoms with Crippen molar-refractivity contribution in [2.45, 2.75) is 45.4 Å². The molecule has 0 atom stereocenters. The van der Waals surface area contributed by atoms with E-state index in [1.807, 2.05) is 31.2 Å². The SMILES string of the molecule is COc1cc(CC(=O)N2CCCN(C(=O)N(CCCN3CCCC3=O)CCC(=O)O)CC2)ccc1NC(=O)Nc1ccccc1C. The normalized spacial score (nSPS) is 14.9. The van der Waals surface area contributed by atoms with Crippen LogP contribution in [-0.2, 0) is 20.8 Å². The van der Waals surface area contributed by atoms with Crippen LogP contribution in [0.15, 0.2) is 42.5 Å². The van der Waals surface area contributed by atoms with Gasteiger partial charge in [-0.1, -0.05) is 24.3 Å². The van der Waals surface area contributed by atoms with Crippen LogP contribution in [0.3, 0.4) is 0 Å². The zero-order chi connectivity index (χ0) is 33.1. The van der Waals surface area contributed by atoms with Crippen molar-refractivity contribution in [1.29, 1.82) is 0 Å². The van der Waals surface area contributed by atoms with Crippen LogP contribution < -0.4 is 15.4 Å². The van der Waals surface area contributed by atoms with Gasteiger partial charge in [0.2, 0.25) is 11.8 Å². The van der Waals surface area contributed by atoms with E-state index in [4.69, 9.17) is 4.74 Å². The van der Waals surface area contributed by atoms with E-state index in [0.717, 1.165) is 24.1 Å². The molecule has 2 aromatic rings. The number of urea groups is 2. The molecule has 2 heterocycles. The van der Waals surface area contributed by atoms with E-state index >= 15 is 0 Å². The van der Waals surface area contributed by atoms with Crippen molar-refractivity contribution < 1.29 is 33.8 Å². The van der Waals surface area contributed by atoms with Crippen LogP contribution in [-0.4, -0.2) is 114 Å². The third-order valence-corrected chi connectivity index (χ3v) is 8.28. The number of benzene rings is 2. The molecular weight excluding hydrogens is 592 g/mol. The Balaban J connectivity index is 1.30. The monoisotopic (exact) mass is 636 g/mol. The third-order valence-electron chi connectivity index (χ3n) is 8.28. The Bertz CT molecular complexity index is 1420. The topological polar surface area (TPSA) is 152 Å². The summed E-state index contributed by atoms with van der Waals surface area (Å²) < 4.78 is 5.50. The number of aryl methyl sites for hydroxylation is 1. The number of hydrogen-bond acceptors (Lipinski definition) is 6. The van der Waals surface area contributed by atoms with Gasteiger partial charge in [0.1, 0.15) is 5.75 Å². The fourth-order valence-corrected chi connectivity index (χ4v) is 5.71. The molecular formula is C33H44N6O7. The number of amides is 6. The summed E-state index contributed by atoms with van der Waals surface area (Å²) in [5.41, 5.74) is 2.82. The smallest absolute Gasteiger partial charge is 0.323 e. The summed E-state index contributed by atoms with van der Waals surface area (Å²) in [6, 6.07) is 12.0. The number of para-hydroxylation sites is 1. The molecule has 0 unspecified atom stereocenters. The fourth-order valence-electron chi connectivity index (χ4n) is 5.71.